The summed E-state index contributed by atoms with van der Waals surface area (Å²) in [6, 6.07) is 16.7. The molecule has 1 fully saturated rings. The van der Waals surface area contributed by atoms with Gasteiger partial charge in [-0.05, 0) is 29.8 Å². The second-order valence-electron chi connectivity index (χ2n) is 6.79. The van der Waals surface area contributed by atoms with Crippen molar-refractivity contribution in [2.24, 2.45) is 5.10 Å². The molecule has 0 unspecified atom stereocenters. The van der Waals surface area contributed by atoms with Crippen LogP contribution in [0.2, 0.25) is 0 Å². The molecule has 0 aliphatic carbocycles. The molecule has 6 heteroatoms. The van der Waals surface area contributed by atoms with Gasteiger partial charge in [-0.25, -0.2) is 5.43 Å². The van der Waals surface area contributed by atoms with Crippen molar-refractivity contribution in [3.8, 4) is 5.75 Å². The van der Waals surface area contributed by atoms with E-state index in [2.05, 4.69) is 56.7 Å². The van der Waals surface area contributed by atoms with Gasteiger partial charge in [-0.3, -0.25) is 4.79 Å². The van der Waals surface area contributed by atoms with Crippen LogP contribution < -0.4 is 20.0 Å². The zero-order chi connectivity index (χ0) is 18.6. The number of hydrogen-bond donors (Lipinski definition) is 1. The zero-order valence-electron chi connectivity index (χ0n) is 15.5. The Balaban J connectivity index is 1.40. The Morgan fingerprint density at radius 3 is 2.30 bits per heavy atom. The highest BCUT2D eigenvalue weighted by atomic mass is 16.5. The van der Waals surface area contributed by atoms with Crippen molar-refractivity contribution in [2.75, 3.05) is 43.1 Å². The molecule has 1 saturated heterocycles. The third-order valence-electron chi connectivity index (χ3n) is 5.18. The summed E-state index contributed by atoms with van der Waals surface area (Å²) in [5, 5.41) is 4.17. The van der Waals surface area contributed by atoms with Crippen LogP contribution >= 0.6 is 0 Å². The second-order valence-corrected chi connectivity index (χ2v) is 6.79. The first-order chi connectivity index (χ1) is 13.2. The molecule has 0 atom stereocenters. The van der Waals surface area contributed by atoms with Crippen LogP contribution in [0.1, 0.15) is 18.4 Å². The van der Waals surface area contributed by atoms with Crippen molar-refractivity contribution < 1.29 is 9.53 Å². The molecule has 6 nitrogen and oxygen atoms in total. The molecule has 0 aromatic heterocycles. The molecule has 2 aliphatic heterocycles. The number of para-hydroxylation sites is 2. The van der Waals surface area contributed by atoms with Gasteiger partial charge in [-0.2, -0.15) is 5.10 Å². The number of carbonyl (C=O) groups is 1. The highest BCUT2D eigenvalue weighted by Crippen LogP contribution is 2.29. The van der Waals surface area contributed by atoms with Crippen LogP contribution in [0.3, 0.4) is 0 Å². The van der Waals surface area contributed by atoms with E-state index < -0.39 is 0 Å². The number of hydrogen-bond acceptors (Lipinski definition) is 5. The minimum Gasteiger partial charge on any atom is -0.495 e. The summed E-state index contributed by atoms with van der Waals surface area (Å²) < 4.78 is 5.49. The Bertz CT molecular complexity index is 840. The average Bonchev–Trinajstić information content (AvgIpc) is 2.74. The van der Waals surface area contributed by atoms with E-state index in [0.29, 0.717) is 12.8 Å². The van der Waals surface area contributed by atoms with Crippen molar-refractivity contribution in [3.05, 3.63) is 54.1 Å². The van der Waals surface area contributed by atoms with Crippen LogP contribution in [-0.2, 0) is 4.79 Å². The quantitative estimate of drug-likeness (QED) is 0.906. The van der Waals surface area contributed by atoms with Gasteiger partial charge in [-0.1, -0.05) is 24.3 Å². The maximum absolute atomic E-state index is 11.2. The summed E-state index contributed by atoms with van der Waals surface area (Å²) in [6.45, 7) is 3.85. The predicted octanol–water partition coefficient (Wildman–Crippen LogP) is 2.64. The predicted molar refractivity (Wildman–Crippen MR) is 108 cm³/mol. The highest BCUT2D eigenvalue weighted by Gasteiger charge is 2.20. The lowest BCUT2D eigenvalue weighted by Crippen LogP contribution is -2.46. The number of benzene rings is 2. The third-order valence-corrected chi connectivity index (χ3v) is 5.18. The molecule has 0 radical (unpaired) electrons. The number of carbonyl (C=O) groups excluding carboxylic acids is 1. The molecule has 1 N–H and O–H groups in total. The van der Waals surface area contributed by atoms with E-state index in [1.807, 2.05) is 12.1 Å². The molecule has 27 heavy (non-hydrogen) atoms. The van der Waals surface area contributed by atoms with E-state index in [4.69, 9.17) is 4.74 Å². The van der Waals surface area contributed by atoms with Gasteiger partial charge < -0.3 is 14.5 Å². The van der Waals surface area contributed by atoms with Gasteiger partial charge in [0.15, 0.2) is 0 Å². The van der Waals surface area contributed by atoms with Gasteiger partial charge in [0.25, 0.3) is 0 Å². The van der Waals surface area contributed by atoms with E-state index in [1.54, 1.807) is 7.11 Å². The van der Waals surface area contributed by atoms with Crippen molar-refractivity contribution in [1.82, 2.24) is 5.43 Å². The fourth-order valence-corrected chi connectivity index (χ4v) is 3.64. The van der Waals surface area contributed by atoms with Gasteiger partial charge in [0.2, 0.25) is 5.91 Å². The molecule has 4 rings (SSSR count). The van der Waals surface area contributed by atoms with Gasteiger partial charge in [0.1, 0.15) is 5.75 Å². The number of amides is 1. The topological polar surface area (TPSA) is 57.2 Å². The Morgan fingerprint density at radius 2 is 1.63 bits per heavy atom. The Morgan fingerprint density at radius 1 is 0.926 bits per heavy atom. The van der Waals surface area contributed by atoms with Gasteiger partial charge in [0, 0.05) is 44.7 Å². The lowest BCUT2D eigenvalue weighted by molar-refractivity contribution is -0.121. The molecule has 2 aromatic carbocycles. The zero-order valence-corrected chi connectivity index (χ0v) is 15.5. The Hall–Kier alpha value is -3.02. The summed E-state index contributed by atoms with van der Waals surface area (Å²) >= 11 is 0. The van der Waals surface area contributed by atoms with Gasteiger partial charge >= 0.3 is 0 Å². The van der Waals surface area contributed by atoms with Crippen LogP contribution in [0.4, 0.5) is 11.4 Å². The molecule has 1 amide bonds. The first-order valence-electron chi connectivity index (χ1n) is 9.33. The monoisotopic (exact) mass is 364 g/mol. The van der Waals surface area contributed by atoms with E-state index in [9.17, 15) is 4.79 Å². The fraction of sp³-hybridized carbons (Fsp3) is 0.333. The minimum absolute atomic E-state index is 0.0108. The van der Waals surface area contributed by atoms with E-state index >= 15 is 0 Å². The minimum atomic E-state index is -0.0108. The second kappa shape index (κ2) is 7.70. The van der Waals surface area contributed by atoms with Crippen LogP contribution in [0.15, 0.2) is 53.6 Å². The number of piperazine rings is 1. The normalized spacial score (nSPS) is 17.4. The van der Waals surface area contributed by atoms with Crippen LogP contribution in [0.25, 0.3) is 0 Å². The van der Waals surface area contributed by atoms with Crippen molar-refractivity contribution in [2.45, 2.75) is 12.8 Å². The summed E-state index contributed by atoms with van der Waals surface area (Å²) in [6.07, 6.45) is 1.20. The number of hydrazone groups is 1. The SMILES string of the molecule is COc1ccccc1N1CCN(c2ccc(C3=NNC(=O)CC3)cc2)CC1. The average molecular weight is 364 g/mol. The molecule has 0 bridgehead atoms. The lowest BCUT2D eigenvalue weighted by atomic mass is 10.0. The highest BCUT2D eigenvalue weighted by molar-refractivity contribution is 6.04. The Labute approximate surface area is 159 Å². The summed E-state index contributed by atoms with van der Waals surface area (Å²) in [7, 11) is 1.72. The standard InChI is InChI=1S/C21H24N4O2/c1-27-20-5-3-2-4-19(20)25-14-12-24(13-15-25)17-8-6-16(7-9-17)18-10-11-21(26)23-22-18/h2-9H,10-15H2,1H3,(H,23,26). The summed E-state index contributed by atoms with van der Waals surface area (Å²) in [4.78, 5) is 16.0. The van der Waals surface area contributed by atoms with Crippen molar-refractivity contribution >= 4 is 23.0 Å². The largest absolute Gasteiger partial charge is 0.495 e. The lowest BCUT2D eigenvalue weighted by Gasteiger charge is -2.37. The molecular weight excluding hydrogens is 340 g/mol. The van der Waals surface area contributed by atoms with Crippen LogP contribution in [-0.4, -0.2) is 44.9 Å². The summed E-state index contributed by atoms with van der Waals surface area (Å²) in [5.41, 5.74) is 6.96. The number of methoxy groups -OCH3 is 1. The fourth-order valence-electron chi connectivity index (χ4n) is 3.64. The molecule has 2 aromatic rings. The molecule has 0 spiro atoms. The van der Waals surface area contributed by atoms with Crippen LogP contribution in [0, 0.1) is 0 Å². The smallest absolute Gasteiger partial charge is 0.240 e. The maximum Gasteiger partial charge on any atom is 0.240 e. The van der Waals surface area contributed by atoms with E-state index in [1.165, 1.54) is 5.69 Å². The molecular formula is C21H24N4O2. The number of anilines is 2. The van der Waals surface area contributed by atoms with Gasteiger partial charge in [-0.15, -0.1) is 0 Å². The van der Waals surface area contributed by atoms with Crippen LogP contribution in [0.5, 0.6) is 5.75 Å². The molecule has 2 aliphatic rings. The van der Waals surface area contributed by atoms with Gasteiger partial charge in [0.05, 0.1) is 18.5 Å². The molecule has 2 heterocycles. The van der Waals surface area contributed by atoms with Crippen molar-refractivity contribution in [3.63, 3.8) is 0 Å². The Kier molecular flexibility index (Phi) is 4.96. The third kappa shape index (κ3) is 3.74. The van der Waals surface area contributed by atoms with Crippen molar-refractivity contribution in [1.29, 1.82) is 0 Å². The maximum atomic E-state index is 11.2. The number of nitrogens with zero attached hydrogens (tertiary/aromatic N) is 3. The van der Waals surface area contributed by atoms with E-state index in [-0.39, 0.29) is 5.91 Å². The number of rotatable bonds is 4. The molecule has 0 saturated carbocycles. The van der Waals surface area contributed by atoms with E-state index in [0.717, 1.165) is 48.9 Å². The first-order valence-corrected chi connectivity index (χ1v) is 9.33. The number of ether oxygens (including phenoxy) is 1. The number of nitrogens with one attached hydrogen (secondary N) is 1. The molecule has 140 valence electrons. The summed E-state index contributed by atoms with van der Waals surface area (Å²) in [5.74, 6) is 0.916. The first kappa shape index (κ1) is 17.4.